The maximum absolute atomic E-state index is 12.0. The lowest BCUT2D eigenvalue weighted by Crippen LogP contribution is -2.39. The number of carbonyl (C=O) groups is 1. The molecule has 3 rings (SSSR count). The van der Waals surface area contributed by atoms with E-state index in [-0.39, 0.29) is 5.91 Å². The Morgan fingerprint density at radius 2 is 2.52 bits per heavy atom. The third-order valence-electron chi connectivity index (χ3n) is 3.62. The maximum atomic E-state index is 12.0. The number of nitrogens with one attached hydrogen (secondary N) is 2. The number of anilines is 1. The molecule has 1 saturated heterocycles. The lowest BCUT2D eigenvalue weighted by atomic mass is 9.94. The molecule has 1 amide bonds. The van der Waals surface area contributed by atoms with Crippen LogP contribution in [-0.4, -0.2) is 50.8 Å². The van der Waals surface area contributed by atoms with Crippen molar-refractivity contribution in [3.8, 4) is 0 Å². The summed E-state index contributed by atoms with van der Waals surface area (Å²) < 4.78 is 0. The zero-order valence-electron chi connectivity index (χ0n) is 11.9. The highest BCUT2D eigenvalue weighted by molar-refractivity contribution is 7.13. The summed E-state index contributed by atoms with van der Waals surface area (Å²) in [7, 11) is 0. The fraction of sp³-hybridized carbons (Fsp3) is 0.538. The molecule has 1 aliphatic heterocycles. The third kappa shape index (κ3) is 3.64. The maximum Gasteiger partial charge on any atom is 0.240 e. The second-order valence-electron chi connectivity index (χ2n) is 5.34. The Morgan fingerprint density at radius 1 is 1.62 bits per heavy atom. The van der Waals surface area contributed by atoms with Gasteiger partial charge < -0.3 is 0 Å². The van der Waals surface area contributed by atoms with Crippen LogP contribution in [0.3, 0.4) is 0 Å². The van der Waals surface area contributed by atoms with Gasteiger partial charge in [0.15, 0.2) is 0 Å². The van der Waals surface area contributed by atoms with E-state index in [1.807, 2.05) is 6.92 Å². The van der Waals surface area contributed by atoms with Crippen LogP contribution in [0.2, 0.25) is 0 Å². The first-order chi connectivity index (χ1) is 10.2. The van der Waals surface area contributed by atoms with Crippen LogP contribution in [0.15, 0.2) is 11.6 Å². The van der Waals surface area contributed by atoms with Crippen LogP contribution in [0.25, 0.3) is 0 Å². The van der Waals surface area contributed by atoms with Gasteiger partial charge in [-0.15, -0.1) is 10.2 Å². The van der Waals surface area contributed by atoms with E-state index in [9.17, 15) is 4.79 Å². The van der Waals surface area contributed by atoms with E-state index in [0.717, 1.165) is 37.3 Å². The molecule has 8 heteroatoms. The minimum atomic E-state index is -0.0365. The van der Waals surface area contributed by atoms with E-state index in [1.165, 1.54) is 11.3 Å². The highest BCUT2D eigenvalue weighted by atomic mass is 32.1. The Hall–Kier alpha value is -1.80. The second kappa shape index (κ2) is 6.31. The molecule has 1 fully saturated rings. The standard InChI is InChI=1S/C13H18N6OS/c1-9-5-11(17-16-9)10-3-2-4-19(6-10)7-12(20)15-13-18-14-8-21-13/h5,8,10H,2-4,6-7H2,1H3,(H,16,17)(H,15,18,20). The van der Waals surface area contributed by atoms with Gasteiger partial charge in [0.1, 0.15) is 5.51 Å². The molecule has 7 nitrogen and oxygen atoms in total. The van der Waals surface area contributed by atoms with E-state index < -0.39 is 0 Å². The summed E-state index contributed by atoms with van der Waals surface area (Å²) in [5.41, 5.74) is 3.78. The molecule has 0 saturated carbocycles. The lowest BCUT2D eigenvalue weighted by Gasteiger charge is -2.31. The van der Waals surface area contributed by atoms with E-state index in [4.69, 9.17) is 0 Å². The van der Waals surface area contributed by atoms with Crippen LogP contribution in [0.1, 0.15) is 30.1 Å². The normalized spacial score (nSPS) is 19.6. The molecule has 2 aromatic rings. The number of piperidine rings is 1. The summed E-state index contributed by atoms with van der Waals surface area (Å²) in [6.45, 7) is 4.21. The van der Waals surface area contributed by atoms with Crippen LogP contribution in [-0.2, 0) is 4.79 Å². The first-order valence-corrected chi connectivity index (χ1v) is 7.89. The summed E-state index contributed by atoms with van der Waals surface area (Å²) >= 11 is 1.33. The van der Waals surface area contributed by atoms with Gasteiger partial charge in [-0.05, 0) is 32.4 Å². The zero-order chi connectivity index (χ0) is 14.7. The van der Waals surface area contributed by atoms with Gasteiger partial charge in [0.2, 0.25) is 11.0 Å². The van der Waals surface area contributed by atoms with Crippen molar-refractivity contribution in [2.75, 3.05) is 25.0 Å². The molecule has 112 valence electrons. The number of likely N-dealkylation sites (tertiary alicyclic amines) is 1. The van der Waals surface area contributed by atoms with Crippen LogP contribution >= 0.6 is 11.3 Å². The molecular formula is C13H18N6OS. The van der Waals surface area contributed by atoms with Crippen molar-refractivity contribution in [1.82, 2.24) is 25.3 Å². The second-order valence-corrected chi connectivity index (χ2v) is 6.18. The highest BCUT2D eigenvalue weighted by Crippen LogP contribution is 2.25. The summed E-state index contributed by atoms with van der Waals surface area (Å²) in [5, 5.41) is 18.2. The van der Waals surface area contributed by atoms with Gasteiger partial charge in [0.25, 0.3) is 0 Å². The third-order valence-corrected chi connectivity index (χ3v) is 4.23. The Balaban J connectivity index is 1.55. The lowest BCUT2D eigenvalue weighted by molar-refractivity contribution is -0.117. The first kappa shape index (κ1) is 14.2. The predicted molar refractivity (Wildman–Crippen MR) is 80.3 cm³/mol. The fourth-order valence-electron chi connectivity index (χ4n) is 2.68. The molecule has 2 aromatic heterocycles. The van der Waals surface area contributed by atoms with Crippen molar-refractivity contribution < 1.29 is 4.79 Å². The molecule has 0 aliphatic carbocycles. The first-order valence-electron chi connectivity index (χ1n) is 7.01. The van der Waals surface area contributed by atoms with E-state index in [0.29, 0.717) is 17.6 Å². The molecule has 3 heterocycles. The van der Waals surface area contributed by atoms with Crippen LogP contribution < -0.4 is 5.32 Å². The molecule has 2 N–H and O–H groups in total. The number of hydrogen-bond acceptors (Lipinski definition) is 6. The van der Waals surface area contributed by atoms with Gasteiger partial charge in [0, 0.05) is 18.2 Å². The number of carbonyl (C=O) groups excluding carboxylic acids is 1. The van der Waals surface area contributed by atoms with E-state index >= 15 is 0 Å². The molecule has 1 aliphatic rings. The molecule has 1 unspecified atom stereocenters. The highest BCUT2D eigenvalue weighted by Gasteiger charge is 2.24. The minimum Gasteiger partial charge on any atom is -0.299 e. The number of rotatable bonds is 4. The molecule has 21 heavy (non-hydrogen) atoms. The molecule has 0 bridgehead atoms. The minimum absolute atomic E-state index is 0.0365. The summed E-state index contributed by atoms with van der Waals surface area (Å²) in [6, 6.07) is 2.09. The SMILES string of the molecule is Cc1cc(C2CCCN(CC(=O)Nc3nncs3)C2)n[nH]1. The summed E-state index contributed by atoms with van der Waals surface area (Å²) in [4.78, 5) is 14.2. The van der Waals surface area contributed by atoms with E-state index in [2.05, 4.69) is 36.7 Å². The number of nitrogens with zero attached hydrogens (tertiary/aromatic N) is 4. The van der Waals surface area contributed by atoms with Gasteiger partial charge >= 0.3 is 0 Å². The Labute approximate surface area is 126 Å². The number of aryl methyl sites for hydroxylation is 1. The average molecular weight is 306 g/mol. The van der Waals surface area contributed by atoms with Gasteiger partial charge in [0.05, 0.1) is 12.2 Å². The van der Waals surface area contributed by atoms with Gasteiger partial charge in [-0.1, -0.05) is 11.3 Å². The molecule has 0 aromatic carbocycles. The van der Waals surface area contributed by atoms with Gasteiger partial charge in [-0.25, -0.2) is 0 Å². The molecular weight excluding hydrogens is 288 g/mol. The molecule has 0 spiro atoms. The molecule has 0 radical (unpaired) electrons. The quantitative estimate of drug-likeness (QED) is 0.891. The number of amides is 1. The number of aromatic nitrogens is 4. The number of hydrogen-bond donors (Lipinski definition) is 2. The zero-order valence-corrected chi connectivity index (χ0v) is 12.7. The predicted octanol–water partition coefficient (Wildman–Crippen LogP) is 1.39. The largest absolute Gasteiger partial charge is 0.299 e. The summed E-state index contributed by atoms with van der Waals surface area (Å²) in [6.07, 6.45) is 2.21. The summed E-state index contributed by atoms with van der Waals surface area (Å²) in [5.74, 6) is 0.364. The fourth-order valence-corrected chi connectivity index (χ4v) is 3.14. The number of aromatic amines is 1. The van der Waals surface area contributed by atoms with Crippen LogP contribution in [0, 0.1) is 6.92 Å². The van der Waals surface area contributed by atoms with Crippen molar-refractivity contribution in [1.29, 1.82) is 0 Å². The van der Waals surface area contributed by atoms with Crippen molar-refractivity contribution >= 4 is 22.4 Å². The van der Waals surface area contributed by atoms with Crippen molar-refractivity contribution in [3.63, 3.8) is 0 Å². The van der Waals surface area contributed by atoms with E-state index in [1.54, 1.807) is 5.51 Å². The average Bonchev–Trinajstić information content (AvgIpc) is 3.10. The Bertz CT molecular complexity index is 596. The topological polar surface area (TPSA) is 86.8 Å². The smallest absolute Gasteiger partial charge is 0.240 e. The van der Waals surface area contributed by atoms with Crippen LogP contribution in [0.5, 0.6) is 0 Å². The van der Waals surface area contributed by atoms with Crippen LogP contribution in [0.4, 0.5) is 5.13 Å². The number of H-pyrrole nitrogens is 1. The van der Waals surface area contributed by atoms with Crippen molar-refractivity contribution in [2.45, 2.75) is 25.7 Å². The van der Waals surface area contributed by atoms with Gasteiger partial charge in [-0.3, -0.25) is 20.1 Å². The van der Waals surface area contributed by atoms with Crippen molar-refractivity contribution in [2.24, 2.45) is 0 Å². The monoisotopic (exact) mass is 306 g/mol. The Morgan fingerprint density at radius 3 is 3.24 bits per heavy atom. The van der Waals surface area contributed by atoms with Crippen molar-refractivity contribution in [3.05, 3.63) is 23.0 Å². The molecule has 1 atom stereocenters. The van der Waals surface area contributed by atoms with Gasteiger partial charge in [-0.2, -0.15) is 5.10 Å². The Kier molecular flexibility index (Phi) is 4.26.